The molecule has 2 aliphatic rings. The molecule has 31 heavy (non-hydrogen) atoms. The van der Waals surface area contributed by atoms with Crippen LogP contribution in [-0.4, -0.2) is 63.0 Å². The predicted octanol–water partition coefficient (Wildman–Crippen LogP) is 0.903. The van der Waals surface area contributed by atoms with Crippen molar-refractivity contribution in [1.29, 1.82) is 0 Å². The summed E-state index contributed by atoms with van der Waals surface area (Å²) in [4.78, 5) is 36.7. The molecule has 168 valence electrons. The van der Waals surface area contributed by atoms with Gasteiger partial charge in [-0.25, -0.2) is 18.0 Å². The molecule has 1 aromatic rings. The molecule has 1 fully saturated rings. The highest BCUT2D eigenvalue weighted by atomic mass is 32.2. The number of carbonyl (C=O) groups excluding carboxylic acids is 3. The molecule has 1 aromatic carbocycles. The molecule has 1 saturated heterocycles. The first-order valence-corrected chi connectivity index (χ1v) is 11.5. The Hall–Kier alpha value is -2.92. The van der Waals surface area contributed by atoms with Crippen molar-refractivity contribution >= 4 is 28.0 Å². The van der Waals surface area contributed by atoms with Crippen LogP contribution in [0.2, 0.25) is 0 Å². The first-order valence-electron chi connectivity index (χ1n) is 10.0. The minimum absolute atomic E-state index is 0.0600. The number of nitrogens with one attached hydrogen (secondary N) is 2. The normalized spacial score (nSPS) is 19.9. The van der Waals surface area contributed by atoms with E-state index in [0.717, 1.165) is 4.31 Å². The van der Waals surface area contributed by atoms with Crippen molar-refractivity contribution in [2.24, 2.45) is 0 Å². The highest BCUT2D eigenvalue weighted by Crippen LogP contribution is 2.26. The van der Waals surface area contributed by atoms with Gasteiger partial charge in [-0.3, -0.25) is 4.79 Å². The second kappa shape index (κ2) is 9.92. The van der Waals surface area contributed by atoms with Crippen LogP contribution >= 0.6 is 0 Å². The summed E-state index contributed by atoms with van der Waals surface area (Å²) in [5.41, 5.74) is 0.260. The van der Waals surface area contributed by atoms with E-state index in [9.17, 15) is 22.8 Å². The lowest BCUT2D eigenvalue weighted by Crippen LogP contribution is -2.49. The fourth-order valence-corrected chi connectivity index (χ4v) is 5.13. The number of benzene rings is 1. The molecule has 1 atom stereocenters. The lowest BCUT2D eigenvalue weighted by molar-refractivity contribution is -0.148. The lowest BCUT2D eigenvalue weighted by Gasteiger charge is -2.33. The van der Waals surface area contributed by atoms with E-state index < -0.39 is 34.0 Å². The van der Waals surface area contributed by atoms with E-state index in [2.05, 4.69) is 10.6 Å². The Kier molecular flexibility index (Phi) is 7.29. The predicted molar refractivity (Wildman–Crippen MR) is 109 cm³/mol. The highest BCUT2D eigenvalue weighted by Gasteiger charge is 2.39. The van der Waals surface area contributed by atoms with Crippen molar-refractivity contribution in [3.05, 3.63) is 41.6 Å². The fraction of sp³-hybridized carbons (Fsp3) is 0.450. The topological polar surface area (TPSA) is 131 Å². The average Bonchev–Trinajstić information content (AvgIpc) is 2.78. The van der Waals surface area contributed by atoms with Crippen molar-refractivity contribution in [1.82, 2.24) is 14.9 Å². The first kappa shape index (κ1) is 22.8. The van der Waals surface area contributed by atoms with Crippen molar-refractivity contribution < 1.29 is 32.3 Å². The highest BCUT2D eigenvalue weighted by molar-refractivity contribution is 7.89. The number of sulfonamides is 1. The molecule has 2 aliphatic heterocycles. The summed E-state index contributed by atoms with van der Waals surface area (Å²) < 4.78 is 37.6. The van der Waals surface area contributed by atoms with Crippen LogP contribution in [0.25, 0.3) is 0 Å². The van der Waals surface area contributed by atoms with E-state index in [1.807, 2.05) is 0 Å². The standard InChI is InChI=1S/C20H25N3O7S/c1-2-29-18(24)15-12-21-20(26)22-16(15)13-30-19(25)17-10-6-7-11-23(17)31(27,28)14-8-4-3-5-9-14/h3-5,8-9,17H,2,6-7,10-13H2,1H3,(H2,21,22,26)/t17-/m1/s1. The Balaban J connectivity index is 1.76. The van der Waals surface area contributed by atoms with Gasteiger partial charge in [0.1, 0.15) is 12.6 Å². The third-order valence-corrected chi connectivity index (χ3v) is 6.93. The summed E-state index contributed by atoms with van der Waals surface area (Å²) >= 11 is 0. The molecule has 0 radical (unpaired) electrons. The van der Waals surface area contributed by atoms with Crippen molar-refractivity contribution in [2.45, 2.75) is 37.1 Å². The van der Waals surface area contributed by atoms with Gasteiger partial charge in [0.05, 0.1) is 29.3 Å². The van der Waals surface area contributed by atoms with Gasteiger partial charge in [-0.2, -0.15) is 4.31 Å². The smallest absolute Gasteiger partial charge is 0.337 e. The molecule has 0 saturated carbocycles. The minimum atomic E-state index is -3.87. The zero-order valence-electron chi connectivity index (χ0n) is 17.1. The summed E-state index contributed by atoms with van der Waals surface area (Å²) in [6.45, 7) is 1.57. The molecule has 11 heteroatoms. The van der Waals surface area contributed by atoms with E-state index in [1.54, 1.807) is 25.1 Å². The zero-order valence-corrected chi connectivity index (χ0v) is 17.9. The third-order valence-electron chi connectivity index (χ3n) is 5.01. The summed E-state index contributed by atoms with van der Waals surface area (Å²) in [5.74, 6) is -1.37. The Morgan fingerprint density at radius 2 is 1.90 bits per heavy atom. The number of amides is 2. The summed E-state index contributed by atoms with van der Waals surface area (Å²) in [5, 5.41) is 4.91. The van der Waals surface area contributed by atoms with E-state index in [-0.39, 0.29) is 42.5 Å². The van der Waals surface area contributed by atoms with E-state index in [0.29, 0.717) is 19.3 Å². The van der Waals surface area contributed by atoms with Gasteiger partial charge >= 0.3 is 18.0 Å². The van der Waals surface area contributed by atoms with Crippen LogP contribution in [0.1, 0.15) is 26.2 Å². The summed E-state index contributed by atoms with van der Waals surface area (Å²) in [6.07, 6.45) is 1.64. The molecule has 0 unspecified atom stereocenters. The van der Waals surface area contributed by atoms with Gasteiger partial charge in [-0.15, -0.1) is 0 Å². The Bertz CT molecular complexity index is 976. The molecule has 0 spiro atoms. The van der Waals surface area contributed by atoms with Gasteiger partial charge in [0.25, 0.3) is 0 Å². The Labute approximate surface area is 180 Å². The van der Waals surface area contributed by atoms with E-state index in [1.165, 1.54) is 12.1 Å². The zero-order chi connectivity index (χ0) is 22.4. The van der Waals surface area contributed by atoms with Crippen LogP contribution in [0, 0.1) is 0 Å². The number of nitrogens with zero attached hydrogens (tertiary/aromatic N) is 1. The van der Waals surface area contributed by atoms with Gasteiger partial charge < -0.3 is 20.1 Å². The van der Waals surface area contributed by atoms with Crippen molar-refractivity contribution in [3.8, 4) is 0 Å². The fourth-order valence-electron chi connectivity index (χ4n) is 3.46. The number of esters is 2. The minimum Gasteiger partial charge on any atom is -0.463 e. The summed E-state index contributed by atoms with van der Waals surface area (Å²) in [7, 11) is -3.87. The molecule has 10 nitrogen and oxygen atoms in total. The Morgan fingerprint density at radius 1 is 1.16 bits per heavy atom. The van der Waals surface area contributed by atoms with Crippen LogP contribution in [0.4, 0.5) is 4.79 Å². The number of urea groups is 1. The largest absolute Gasteiger partial charge is 0.463 e. The Morgan fingerprint density at radius 3 is 2.61 bits per heavy atom. The second-order valence-electron chi connectivity index (χ2n) is 7.03. The van der Waals surface area contributed by atoms with Crippen LogP contribution < -0.4 is 10.6 Å². The number of hydrogen-bond donors (Lipinski definition) is 2. The van der Waals surface area contributed by atoms with Crippen molar-refractivity contribution in [2.75, 3.05) is 26.3 Å². The van der Waals surface area contributed by atoms with Crippen LogP contribution in [0.3, 0.4) is 0 Å². The lowest BCUT2D eigenvalue weighted by atomic mass is 10.1. The number of rotatable bonds is 7. The van der Waals surface area contributed by atoms with Gasteiger partial charge in [0.15, 0.2) is 0 Å². The van der Waals surface area contributed by atoms with Gasteiger partial charge in [-0.05, 0) is 38.3 Å². The maximum Gasteiger partial charge on any atom is 0.337 e. The first-order chi connectivity index (χ1) is 14.8. The van der Waals surface area contributed by atoms with Crippen molar-refractivity contribution in [3.63, 3.8) is 0 Å². The number of ether oxygens (including phenoxy) is 2. The molecule has 2 amide bonds. The SMILES string of the molecule is CCOC(=O)C1=C(COC(=O)[C@H]2CCCCN2S(=O)(=O)c2ccccc2)NC(=O)NC1. The van der Waals surface area contributed by atoms with Crippen LogP contribution in [0.5, 0.6) is 0 Å². The maximum absolute atomic E-state index is 13.0. The van der Waals surface area contributed by atoms with Gasteiger partial charge in [-0.1, -0.05) is 18.2 Å². The molecule has 2 heterocycles. The molecule has 0 aliphatic carbocycles. The molecule has 0 aromatic heterocycles. The maximum atomic E-state index is 13.0. The second-order valence-corrected chi connectivity index (χ2v) is 8.92. The quantitative estimate of drug-likeness (QED) is 0.589. The number of hydrogen-bond acceptors (Lipinski definition) is 7. The average molecular weight is 452 g/mol. The van der Waals surface area contributed by atoms with Crippen LogP contribution in [0.15, 0.2) is 46.5 Å². The molecular weight excluding hydrogens is 426 g/mol. The number of piperidine rings is 1. The molecule has 0 bridgehead atoms. The van der Waals surface area contributed by atoms with E-state index >= 15 is 0 Å². The molecular formula is C20H25N3O7S. The summed E-state index contributed by atoms with van der Waals surface area (Å²) in [6, 6.07) is 6.39. The van der Waals surface area contributed by atoms with Crippen LogP contribution in [-0.2, 0) is 29.1 Å². The van der Waals surface area contributed by atoms with E-state index in [4.69, 9.17) is 9.47 Å². The molecule has 3 rings (SSSR count). The number of carbonyl (C=O) groups is 3. The molecule has 2 N–H and O–H groups in total. The van der Waals surface area contributed by atoms with Gasteiger partial charge in [0, 0.05) is 6.54 Å². The third kappa shape index (κ3) is 5.23. The van der Waals surface area contributed by atoms with Gasteiger partial charge in [0.2, 0.25) is 10.0 Å². The monoisotopic (exact) mass is 451 g/mol.